The highest BCUT2D eigenvalue weighted by Gasteiger charge is 2.22. The predicted octanol–water partition coefficient (Wildman–Crippen LogP) is 1.53. The normalized spacial score (nSPS) is 13.8. The first-order valence-corrected chi connectivity index (χ1v) is 7.24. The number of carbonyl (C=O) groups excluding carboxylic acids is 1. The van der Waals surface area contributed by atoms with Crippen molar-refractivity contribution in [2.45, 2.75) is 39.2 Å². The quantitative estimate of drug-likeness (QED) is 0.657. The van der Waals surface area contributed by atoms with Gasteiger partial charge in [-0.2, -0.15) is 5.26 Å². The van der Waals surface area contributed by atoms with Gasteiger partial charge in [0.15, 0.2) is 0 Å². The summed E-state index contributed by atoms with van der Waals surface area (Å²) < 4.78 is 0. The Morgan fingerprint density at radius 1 is 1.35 bits per heavy atom. The SMILES string of the molecule is CCCNC(=O)CSCC(C)(C#N)NCCC. The second-order valence-electron chi connectivity index (χ2n) is 4.21. The molecule has 0 aromatic carbocycles. The lowest BCUT2D eigenvalue weighted by molar-refractivity contribution is -0.118. The van der Waals surface area contributed by atoms with E-state index in [1.807, 2.05) is 13.8 Å². The average Bonchev–Trinajstić information content (AvgIpc) is 2.34. The number of amides is 1. The minimum Gasteiger partial charge on any atom is -0.355 e. The van der Waals surface area contributed by atoms with Crippen LogP contribution in [0, 0.1) is 11.3 Å². The molecule has 0 aliphatic carbocycles. The van der Waals surface area contributed by atoms with Crippen molar-refractivity contribution in [1.82, 2.24) is 10.6 Å². The van der Waals surface area contributed by atoms with Gasteiger partial charge in [-0.25, -0.2) is 0 Å². The summed E-state index contributed by atoms with van der Waals surface area (Å²) in [4.78, 5) is 11.4. The molecule has 0 bridgehead atoms. The summed E-state index contributed by atoms with van der Waals surface area (Å²) in [7, 11) is 0. The Morgan fingerprint density at radius 3 is 2.53 bits per heavy atom. The summed E-state index contributed by atoms with van der Waals surface area (Å²) in [5, 5.41) is 15.1. The third-order valence-electron chi connectivity index (χ3n) is 2.21. The summed E-state index contributed by atoms with van der Waals surface area (Å²) in [5.74, 6) is 1.10. The lowest BCUT2D eigenvalue weighted by atomic mass is 10.1. The highest BCUT2D eigenvalue weighted by molar-refractivity contribution is 8.00. The fourth-order valence-corrected chi connectivity index (χ4v) is 2.15. The first kappa shape index (κ1) is 16.3. The van der Waals surface area contributed by atoms with E-state index in [0.717, 1.165) is 25.9 Å². The molecule has 0 radical (unpaired) electrons. The van der Waals surface area contributed by atoms with E-state index in [2.05, 4.69) is 23.6 Å². The van der Waals surface area contributed by atoms with Gasteiger partial charge in [0, 0.05) is 12.3 Å². The van der Waals surface area contributed by atoms with Crippen LogP contribution in [0.15, 0.2) is 0 Å². The van der Waals surface area contributed by atoms with E-state index in [4.69, 9.17) is 5.26 Å². The fourth-order valence-electron chi connectivity index (χ4n) is 1.19. The maximum atomic E-state index is 11.4. The topological polar surface area (TPSA) is 64.9 Å². The number of thioether (sulfide) groups is 1. The summed E-state index contributed by atoms with van der Waals surface area (Å²) in [6.07, 6.45) is 1.95. The molecule has 1 atom stereocenters. The largest absolute Gasteiger partial charge is 0.355 e. The summed E-state index contributed by atoms with van der Waals surface area (Å²) in [6.45, 7) is 7.51. The van der Waals surface area contributed by atoms with Crippen molar-refractivity contribution in [3.63, 3.8) is 0 Å². The zero-order valence-corrected chi connectivity index (χ0v) is 11.8. The van der Waals surface area contributed by atoms with Crippen molar-refractivity contribution in [2.24, 2.45) is 0 Å². The van der Waals surface area contributed by atoms with Crippen molar-refractivity contribution in [1.29, 1.82) is 5.26 Å². The van der Waals surface area contributed by atoms with Crippen LogP contribution in [-0.4, -0.2) is 36.0 Å². The molecule has 0 heterocycles. The Labute approximate surface area is 109 Å². The molecule has 4 nitrogen and oxygen atoms in total. The number of hydrogen-bond donors (Lipinski definition) is 2. The first-order chi connectivity index (χ1) is 8.08. The Morgan fingerprint density at radius 2 is 2.00 bits per heavy atom. The van der Waals surface area contributed by atoms with E-state index in [-0.39, 0.29) is 5.91 Å². The molecule has 0 aliphatic heterocycles. The van der Waals surface area contributed by atoms with Gasteiger partial charge in [0.25, 0.3) is 0 Å². The van der Waals surface area contributed by atoms with E-state index in [9.17, 15) is 4.79 Å². The van der Waals surface area contributed by atoms with Gasteiger partial charge in [-0.1, -0.05) is 13.8 Å². The first-order valence-electron chi connectivity index (χ1n) is 6.08. The fraction of sp³-hybridized carbons (Fsp3) is 0.833. The molecule has 0 spiro atoms. The zero-order valence-electron chi connectivity index (χ0n) is 11.0. The maximum absolute atomic E-state index is 11.4. The predicted molar refractivity (Wildman–Crippen MR) is 72.9 cm³/mol. The van der Waals surface area contributed by atoms with Crippen LogP contribution in [0.25, 0.3) is 0 Å². The van der Waals surface area contributed by atoms with Crippen LogP contribution >= 0.6 is 11.8 Å². The van der Waals surface area contributed by atoms with Gasteiger partial charge in [-0.05, 0) is 26.3 Å². The molecule has 5 heteroatoms. The van der Waals surface area contributed by atoms with E-state index < -0.39 is 5.54 Å². The number of nitrogens with one attached hydrogen (secondary N) is 2. The second kappa shape index (κ2) is 9.32. The van der Waals surface area contributed by atoms with Crippen LogP contribution in [0.2, 0.25) is 0 Å². The van der Waals surface area contributed by atoms with Crippen molar-refractivity contribution in [2.75, 3.05) is 24.6 Å². The molecule has 0 aromatic heterocycles. The molecule has 1 amide bonds. The Hall–Kier alpha value is -0.730. The average molecular weight is 257 g/mol. The molecule has 0 fully saturated rings. The number of nitrogens with zero attached hydrogens (tertiary/aromatic N) is 1. The van der Waals surface area contributed by atoms with Crippen molar-refractivity contribution < 1.29 is 4.79 Å². The summed E-state index contributed by atoms with van der Waals surface area (Å²) in [5.41, 5.74) is -0.536. The minimum absolute atomic E-state index is 0.0487. The Bertz CT molecular complexity index is 265. The van der Waals surface area contributed by atoms with Crippen molar-refractivity contribution in [3.05, 3.63) is 0 Å². The van der Waals surface area contributed by atoms with Gasteiger partial charge in [0.1, 0.15) is 5.54 Å². The highest BCUT2D eigenvalue weighted by Crippen LogP contribution is 2.12. The molecule has 2 N–H and O–H groups in total. The lowest BCUT2D eigenvalue weighted by Crippen LogP contribution is -2.44. The maximum Gasteiger partial charge on any atom is 0.229 e. The summed E-state index contributed by atoms with van der Waals surface area (Å²) in [6, 6.07) is 2.27. The Balaban J connectivity index is 3.83. The second-order valence-corrected chi connectivity index (χ2v) is 5.20. The van der Waals surface area contributed by atoms with E-state index in [0.29, 0.717) is 11.5 Å². The monoisotopic (exact) mass is 257 g/mol. The highest BCUT2D eigenvalue weighted by atomic mass is 32.2. The molecule has 0 saturated carbocycles. The van der Waals surface area contributed by atoms with Crippen LogP contribution in [-0.2, 0) is 4.79 Å². The van der Waals surface area contributed by atoms with Gasteiger partial charge >= 0.3 is 0 Å². The Kier molecular flexibility index (Phi) is 8.92. The minimum atomic E-state index is -0.536. The smallest absolute Gasteiger partial charge is 0.229 e. The zero-order chi connectivity index (χ0) is 13.1. The van der Waals surface area contributed by atoms with Crippen LogP contribution in [0.4, 0.5) is 0 Å². The molecule has 0 aromatic rings. The third kappa shape index (κ3) is 8.06. The van der Waals surface area contributed by atoms with Gasteiger partial charge in [-0.15, -0.1) is 11.8 Å². The lowest BCUT2D eigenvalue weighted by Gasteiger charge is -2.22. The summed E-state index contributed by atoms with van der Waals surface area (Å²) >= 11 is 1.50. The van der Waals surface area contributed by atoms with Crippen LogP contribution < -0.4 is 10.6 Å². The van der Waals surface area contributed by atoms with Gasteiger partial charge in [0.05, 0.1) is 11.8 Å². The molecular formula is C12H23N3OS. The molecule has 0 saturated heterocycles. The van der Waals surface area contributed by atoms with Gasteiger partial charge < -0.3 is 5.32 Å². The van der Waals surface area contributed by atoms with Crippen LogP contribution in [0.3, 0.4) is 0 Å². The van der Waals surface area contributed by atoms with Crippen LogP contribution in [0.5, 0.6) is 0 Å². The molecule has 98 valence electrons. The van der Waals surface area contributed by atoms with Crippen LogP contribution in [0.1, 0.15) is 33.6 Å². The van der Waals surface area contributed by atoms with E-state index in [1.165, 1.54) is 11.8 Å². The molecule has 0 rings (SSSR count). The number of carbonyl (C=O) groups is 1. The van der Waals surface area contributed by atoms with E-state index >= 15 is 0 Å². The third-order valence-corrected chi connectivity index (χ3v) is 3.46. The standard InChI is InChI=1S/C12H23N3OS/c1-4-6-14-11(16)8-17-10-12(3,9-13)15-7-5-2/h15H,4-8,10H2,1-3H3,(H,14,16). The van der Waals surface area contributed by atoms with Gasteiger partial charge in [0.2, 0.25) is 5.91 Å². The molecular weight excluding hydrogens is 234 g/mol. The van der Waals surface area contributed by atoms with Gasteiger partial charge in [-0.3, -0.25) is 10.1 Å². The number of nitriles is 1. The number of hydrogen-bond acceptors (Lipinski definition) is 4. The molecule has 17 heavy (non-hydrogen) atoms. The molecule has 1 unspecified atom stereocenters. The number of rotatable bonds is 9. The van der Waals surface area contributed by atoms with Crippen molar-refractivity contribution in [3.8, 4) is 6.07 Å². The molecule has 0 aliphatic rings. The van der Waals surface area contributed by atoms with Crippen molar-refractivity contribution >= 4 is 17.7 Å². The van der Waals surface area contributed by atoms with E-state index in [1.54, 1.807) is 0 Å².